The third-order valence-corrected chi connectivity index (χ3v) is 4.69. The van der Waals surface area contributed by atoms with Crippen LogP contribution in [0.1, 0.15) is 28.9 Å². The zero-order valence-corrected chi connectivity index (χ0v) is 16.8. The Bertz CT molecular complexity index is 949. The zero-order chi connectivity index (χ0) is 20.1. The molecular weight excluding hydrogens is 352 g/mol. The van der Waals surface area contributed by atoms with E-state index < -0.39 is 0 Å². The van der Waals surface area contributed by atoms with Gasteiger partial charge in [-0.1, -0.05) is 30.3 Å². The van der Waals surface area contributed by atoms with Crippen LogP contribution in [0.3, 0.4) is 0 Å². The molecule has 1 N–H and O–H groups in total. The van der Waals surface area contributed by atoms with Crippen LogP contribution in [0.4, 0.5) is 5.82 Å². The minimum atomic E-state index is 0.0346. The first-order valence-corrected chi connectivity index (χ1v) is 9.31. The van der Waals surface area contributed by atoms with E-state index in [0.717, 1.165) is 34.2 Å². The van der Waals surface area contributed by atoms with Gasteiger partial charge in [0.15, 0.2) is 5.82 Å². The van der Waals surface area contributed by atoms with E-state index in [1.807, 2.05) is 73.9 Å². The fourth-order valence-corrected chi connectivity index (χ4v) is 3.08. The fraction of sp³-hybridized carbons (Fsp3) is 0.333. The van der Waals surface area contributed by atoms with Crippen molar-refractivity contribution >= 4 is 11.7 Å². The number of nitrogens with zero attached hydrogens (tertiary/aromatic N) is 5. The number of carbonyl (C=O) groups excluding carboxylic acids is 1. The highest BCUT2D eigenvalue weighted by molar-refractivity contribution is 5.76. The number of hydrogen-bond acceptors (Lipinski definition) is 5. The van der Waals surface area contributed by atoms with E-state index in [2.05, 4.69) is 20.4 Å². The minimum Gasteiger partial charge on any atom is -0.363 e. The fourth-order valence-electron chi connectivity index (χ4n) is 3.08. The smallest absolute Gasteiger partial charge is 0.220 e. The maximum atomic E-state index is 12.2. The lowest BCUT2D eigenvalue weighted by Gasteiger charge is -2.12. The molecule has 0 aliphatic carbocycles. The van der Waals surface area contributed by atoms with Gasteiger partial charge in [-0.15, -0.1) is 0 Å². The molecule has 0 aliphatic heterocycles. The molecule has 146 valence electrons. The van der Waals surface area contributed by atoms with Gasteiger partial charge in [0.05, 0.1) is 5.69 Å². The molecule has 7 heteroatoms. The molecule has 1 aromatic carbocycles. The van der Waals surface area contributed by atoms with E-state index in [4.69, 9.17) is 0 Å². The Morgan fingerprint density at radius 1 is 1.14 bits per heavy atom. The van der Waals surface area contributed by atoms with Crippen LogP contribution in [-0.2, 0) is 17.8 Å². The number of amides is 1. The van der Waals surface area contributed by atoms with Gasteiger partial charge >= 0.3 is 0 Å². The van der Waals surface area contributed by atoms with Crippen LogP contribution in [0.2, 0.25) is 0 Å². The van der Waals surface area contributed by atoms with Crippen LogP contribution < -0.4 is 10.2 Å². The molecule has 7 nitrogen and oxygen atoms in total. The van der Waals surface area contributed by atoms with E-state index in [0.29, 0.717) is 19.4 Å². The van der Waals surface area contributed by atoms with E-state index in [9.17, 15) is 4.79 Å². The average molecular weight is 378 g/mol. The van der Waals surface area contributed by atoms with E-state index >= 15 is 0 Å². The van der Waals surface area contributed by atoms with Gasteiger partial charge in [-0.25, -0.2) is 14.6 Å². The lowest BCUT2D eigenvalue weighted by molar-refractivity contribution is -0.121. The molecule has 0 fully saturated rings. The monoisotopic (exact) mass is 378 g/mol. The number of rotatable bonds is 7. The summed E-state index contributed by atoms with van der Waals surface area (Å²) >= 11 is 0. The van der Waals surface area contributed by atoms with Crippen molar-refractivity contribution < 1.29 is 4.79 Å². The Labute approximate surface area is 165 Å². The van der Waals surface area contributed by atoms with Gasteiger partial charge in [0.2, 0.25) is 5.91 Å². The van der Waals surface area contributed by atoms with Crippen molar-refractivity contribution in [1.82, 2.24) is 25.1 Å². The lowest BCUT2D eigenvalue weighted by atomic mass is 10.1. The van der Waals surface area contributed by atoms with Crippen LogP contribution in [0, 0.1) is 13.8 Å². The molecule has 0 atom stereocenters. The predicted molar refractivity (Wildman–Crippen MR) is 110 cm³/mol. The van der Waals surface area contributed by atoms with Crippen molar-refractivity contribution in [3.8, 4) is 5.82 Å². The standard InChI is InChI=1S/C21H26N6O/c1-15-18(10-11-21(28)22-13-17-8-6-5-7-9-17)16(2)27(25-15)20-12-19(26(3)4)23-14-24-20/h5-9,12,14H,10-11,13H2,1-4H3,(H,22,28). The van der Waals surface area contributed by atoms with Gasteiger partial charge in [-0.05, 0) is 31.4 Å². The summed E-state index contributed by atoms with van der Waals surface area (Å²) in [5.41, 5.74) is 4.09. The van der Waals surface area contributed by atoms with Gasteiger partial charge < -0.3 is 10.2 Å². The molecule has 28 heavy (non-hydrogen) atoms. The number of aromatic nitrogens is 4. The second kappa shape index (κ2) is 8.65. The van der Waals surface area contributed by atoms with Crippen molar-refractivity contribution in [1.29, 1.82) is 0 Å². The Balaban J connectivity index is 1.67. The molecule has 0 saturated heterocycles. The van der Waals surface area contributed by atoms with Crippen LogP contribution in [-0.4, -0.2) is 39.8 Å². The SMILES string of the molecule is Cc1nn(-c2cc(N(C)C)ncn2)c(C)c1CCC(=O)NCc1ccccc1. The van der Waals surface area contributed by atoms with Crippen LogP contribution in [0.5, 0.6) is 0 Å². The number of benzene rings is 1. The van der Waals surface area contributed by atoms with Crippen molar-refractivity contribution in [2.75, 3.05) is 19.0 Å². The Hall–Kier alpha value is -3.22. The summed E-state index contributed by atoms with van der Waals surface area (Å²) < 4.78 is 1.82. The van der Waals surface area contributed by atoms with Crippen molar-refractivity contribution in [3.63, 3.8) is 0 Å². The summed E-state index contributed by atoms with van der Waals surface area (Å²) in [5, 5.41) is 7.60. The summed E-state index contributed by atoms with van der Waals surface area (Å²) in [6.45, 7) is 4.52. The minimum absolute atomic E-state index is 0.0346. The lowest BCUT2D eigenvalue weighted by Crippen LogP contribution is -2.23. The highest BCUT2D eigenvalue weighted by atomic mass is 16.1. The number of hydrogen-bond donors (Lipinski definition) is 1. The molecule has 3 aromatic rings. The topological polar surface area (TPSA) is 75.9 Å². The maximum absolute atomic E-state index is 12.2. The second-order valence-corrected chi connectivity index (χ2v) is 6.95. The summed E-state index contributed by atoms with van der Waals surface area (Å²) in [6.07, 6.45) is 2.61. The first-order chi connectivity index (χ1) is 13.5. The highest BCUT2D eigenvalue weighted by Gasteiger charge is 2.15. The largest absolute Gasteiger partial charge is 0.363 e. The number of carbonyl (C=O) groups is 1. The first kappa shape index (κ1) is 19.5. The van der Waals surface area contributed by atoms with Crippen molar-refractivity contribution in [2.24, 2.45) is 0 Å². The Kier molecular flexibility index (Phi) is 6.03. The van der Waals surface area contributed by atoms with Gasteiger partial charge in [-0.2, -0.15) is 5.10 Å². The highest BCUT2D eigenvalue weighted by Crippen LogP contribution is 2.20. The van der Waals surface area contributed by atoms with Crippen molar-refractivity contribution in [2.45, 2.75) is 33.2 Å². The third kappa shape index (κ3) is 4.54. The number of aryl methyl sites for hydroxylation is 1. The first-order valence-electron chi connectivity index (χ1n) is 9.31. The van der Waals surface area contributed by atoms with Gasteiger partial charge in [-0.3, -0.25) is 4.79 Å². The maximum Gasteiger partial charge on any atom is 0.220 e. The molecule has 2 heterocycles. The molecule has 0 aliphatic rings. The Morgan fingerprint density at radius 3 is 2.61 bits per heavy atom. The second-order valence-electron chi connectivity index (χ2n) is 6.95. The van der Waals surface area contributed by atoms with Crippen molar-refractivity contribution in [3.05, 3.63) is 65.2 Å². The van der Waals surface area contributed by atoms with Crippen LogP contribution in [0.25, 0.3) is 5.82 Å². The third-order valence-electron chi connectivity index (χ3n) is 4.69. The summed E-state index contributed by atoms with van der Waals surface area (Å²) in [6, 6.07) is 11.8. The molecule has 0 radical (unpaired) electrons. The molecule has 0 saturated carbocycles. The Morgan fingerprint density at radius 2 is 1.89 bits per heavy atom. The van der Waals surface area contributed by atoms with Gasteiger partial charge in [0.25, 0.3) is 0 Å². The van der Waals surface area contributed by atoms with E-state index in [1.165, 1.54) is 6.33 Å². The van der Waals surface area contributed by atoms with E-state index in [-0.39, 0.29) is 5.91 Å². The molecule has 0 bridgehead atoms. The van der Waals surface area contributed by atoms with Crippen LogP contribution >= 0.6 is 0 Å². The van der Waals surface area contributed by atoms with Gasteiger partial charge in [0, 0.05) is 38.8 Å². The van der Waals surface area contributed by atoms with Crippen LogP contribution in [0.15, 0.2) is 42.7 Å². The van der Waals surface area contributed by atoms with Gasteiger partial charge in [0.1, 0.15) is 12.1 Å². The number of anilines is 1. The molecule has 2 aromatic heterocycles. The molecule has 0 spiro atoms. The zero-order valence-electron chi connectivity index (χ0n) is 16.8. The molecule has 1 amide bonds. The van der Waals surface area contributed by atoms with E-state index in [1.54, 1.807) is 0 Å². The number of nitrogens with one attached hydrogen (secondary N) is 1. The normalized spacial score (nSPS) is 10.7. The average Bonchev–Trinajstić information content (AvgIpc) is 2.99. The summed E-state index contributed by atoms with van der Waals surface area (Å²) in [5.74, 6) is 1.57. The molecule has 3 rings (SSSR count). The summed E-state index contributed by atoms with van der Waals surface area (Å²) in [4.78, 5) is 22.8. The predicted octanol–water partition coefficient (Wildman–Crippen LogP) is 2.59. The molecular formula is C21H26N6O. The summed E-state index contributed by atoms with van der Waals surface area (Å²) in [7, 11) is 3.87. The molecule has 0 unspecified atom stereocenters. The quantitative estimate of drug-likeness (QED) is 0.684.